The first-order chi connectivity index (χ1) is 34.6. The highest BCUT2D eigenvalue weighted by molar-refractivity contribution is 6.42. The molecule has 9 aromatic carbocycles. The molecule has 0 atom stereocenters. The van der Waals surface area contributed by atoms with Crippen molar-refractivity contribution in [3.63, 3.8) is 0 Å². The van der Waals surface area contributed by atoms with E-state index in [0.29, 0.717) is 87.6 Å². The first-order valence-corrected chi connectivity index (χ1v) is 24.6. The molecular weight excluding hydrogens is 891 g/mol. The van der Waals surface area contributed by atoms with Gasteiger partial charge in [0.15, 0.2) is 0 Å². The standard InChI is InChI=1S/C60H47N3O8/c1-2-3-4-5-6-7-8-9-10-13-32-61-55(66)43-28-24-39-41-26-30-45-52-46(31-27-42(50(41)52)40-25-29-44(56(61)67)51(43)49(39)40)58(69)62(57(45)68)63-59(70)53-47(33-16-20-35(64)21-17-33)37-14-11-12-15-38(37)48(54(53)60(63)71)34-18-22-36(65)23-19-34/h11-12,14-31,64-65H,2-10,13,32H2,1H3. The van der Waals surface area contributed by atoms with Crippen molar-refractivity contribution in [1.29, 1.82) is 0 Å². The van der Waals surface area contributed by atoms with Crippen LogP contribution in [-0.2, 0) is 0 Å². The number of imide groups is 3. The van der Waals surface area contributed by atoms with Gasteiger partial charge in [-0.3, -0.25) is 33.7 Å². The molecule has 6 amide bonds. The number of aromatic hydroxyl groups is 2. The highest BCUT2D eigenvalue weighted by atomic mass is 16.3. The van der Waals surface area contributed by atoms with Crippen LogP contribution in [0.15, 0.2) is 121 Å². The van der Waals surface area contributed by atoms with Crippen LogP contribution in [0.3, 0.4) is 0 Å². The maximum atomic E-state index is 15.2. The largest absolute Gasteiger partial charge is 0.508 e. The highest BCUT2D eigenvalue weighted by Gasteiger charge is 2.50. The van der Waals surface area contributed by atoms with Crippen LogP contribution in [-0.4, -0.2) is 67.1 Å². The van der Waals surface area contributed by atoms with E-state index < -0.39 is 23.6 Å². The van der Waals surface area contributed by atoms with Gasteiger partial charge in [-0.25, -0.2) is 0 Å². The number of nitrogens with zero attached hydrogens (tertiary/aromatic N) is 3. The molecule has 350 valence electrons. The van der Waals surface area contributed by atoms with Crippen LogP contribution in [0, 0.1) is 0 Å². The summed E-state index contributed by atoms with van der Waals surface area (Å²) in [6, 6.07) is 33.8. The number of benzene rings is 9. The molecule has 11 nitrogen and oxygen atoms in total. The van der Waals surface area contributed by atoms with Crippen LogP contribution in [0.5, 0.6) is 11.5 Å². The Balaban J connectivity index is 0.923. The zero-order valence-electron chi connectivity index (χ0n) is 39.0. The van der Waals surface area contributed by atoms with Crippen molar-refractivity contribution in [3.8, 4) is 33.8 Å². The molecule has 0 spiro atoms. The van der Waals surface area contributed by atoms with Crippen LogP contribution in [0.25, 0.3) is 76.1 Å². The van der Waals surface area contributed by atoms with E-state index in [1.165, 1.54) is 67.7 Å². The Hall–Kier alpha value is -8.44. The number of hydrazine groups is 1. The van der Waals surface area contributed by atoms with Gasteiger partial charge in [-0.15, -0.1) is 0 Å². The van der Waals surface area contributed by atoms with Crippen molar-refractivity contribution in [2.24, 2.45) is 0 Å². The number of phenolic OH excluding ortho intramolecular Hbond substituents is 2. The van der Waals surface area contributed by atoms with Crippen LogP contribution in [0.1, 0.15) is 133 Å². The fraction of sp³-hybridized carbons (Fsp3) is 0.200. The van der Waals surface area contributed by atoms with E-state index >= 15 is 19.2 Å². The van der Waals surface area contributed by atoms with Gasteiger partial charge in [0.05, 0.1) is 22.3 Å². The van der Waals surface area contributed by atoms with Crippen molar-refractivity contribution in [1.82, 2.24) is 14.9 Å². The van der Waals surface area contributed by atoms with E-state index in [9.17, 15) is 19.8 Å². The summed E-state index contributed by atoms with van der Waals surface area (Å²) in [6.45, 7) is 2.57. The maximum absolute atomic E-state index is 15.2. The summed E-state index contributed by atoms with van der Waals surface area (Å²) >= 11 is 0. The Labute approximate surface area is 407 Å². The topological polar surface area (TPSA) is 153 Å². The Morgan fingerprint density at radius 3 is 1.08 bits per heavy atom. The molecular formula is C60H47N3O8. The minimum absolute atomic E-state index is 0.00169. The molecule has 11 heteroatoms. The third-order valence-corrected chi connectivity index (χ3v) is 15.0. The van der Waals surface area contributed by atoms with Gasteiger partial charge in [0.1, 0.15) is 11.5 Å². The SMILES string of the molecule is CCCCCCCCCCCCN1C(=O)c2ccc3c4ccc5c6c(ccc(c7ccc(c2c37)C1=O)c64)C(=O)N(N1C(=O)c2c(c(-c3ccc(O)cc3)c3ccccc3c2-c2ccc(O)cc2)C1=O)C5=O. The average molecular weight is 938 g/mol. The first-order valence-electron chi connectivity index (χ1n) is 24.6. The van der Waals surface area contributed by atoms with Crippen LogP contribution < -0.4 is 0 Å². The lowest BCUT2D eigenvalue weighted by molar-refractivity contribution is 0.00527. The van der Waals surface area contributed by atoms with Crippen LogP contribution in [0.4, 0.5) is 0 Å². The predicted octanol–water partition coefficient (Wildman–Crippen LogP) is 13.0. The van der Waals surface area contributed by atoms with Gasteiger partial charge in [0, 0.05) is 39.6 Å². The summed E-state index contributed by atoms with van der Waals surface area (Å²) in [5, 5.41) is 28.3. The molecule has 0 aliphatic carbocycles. The molecule has 0 saturated heterocycles. The third-order valence-electron chi connectivity index (χ3n) is 15.0. The Morgan fingerprint density at radius 1 is 0.338 bits per heavy atom. The molecule has 0 bridgehead atoms. The molecule has 9 aromatic rings. The number of amides is 6. The summed E-state index contributed by atoms with van der Waals surface area (Å²) in [6.07, 6.45) is 11.4. The quantitative estimate of drug-likeness (QED) is 0.0473. The zero-order chi connectivity index (χ0) is 48.8. The number of rotatable bonds is 14. The highest BCUT2D eigenvalue weighted by Crippen LogP contribution is 2.49. The first kappa shape index (κ1) is 43.8. The zero-order valence-corrected chi connectivity index (χ0v) is 39.0. The number of fused-ring (bicyclic) bond motifs is 4. The second-order valence-electron chi connectivity index (χ2n) is 19.1. The molecule has 2 N–H and O–H groups in total. The summed E-state index contributed by atoms with van der Waals surface area (Å²) in [5.74, 6) is -4.13. The van der Waals surface area contributed by atoms with Gasteiger partial charge in [-0.1, -0.05) is 138 Å². The van der Waals surface area contributed by atoms with Crippen molar-refractivity contribution < 1.29 is 39.0 Å². The third kappa shape index (κ3) is 6.55. The number of unbranched alkanes of at least 4 members (excludes halogenated alkanes) is 9. The van der Waals surface area contributed by atoms with Gasteiger partial charge in [-0.05, 0) is 109 Å². The Kier molecular flexibility index (Phi) is 10.4. The molecule has 0 aromatic heterocycles. The lowest BCUT2D eigenvalue weighted by Gasteiger charge is -2.33. The minimum Gasteiger partial charge on any atom is -0.508 e. The van der Waals surface area contributed by atoms with E-state index in [1.807, 2.05) is 36.4 Å². The van der Waals surface area contributed by atoms with Gasteiger partial charge < -0.3 is 10.2 Å². The molecule has 0 saturated carbocycles. The number of hydrogen-bond donors (Lipinski definition) is 2. The fourth-order valence-corrected chi connectivity index (χ4v) is 11.7. The summed E-state index contributed by atoms with van der Waals surface area (Å²) in [5.41, 5.74) is 2.92. The lowest BCUT2D eigenvalue weighted by Crippen LogP contribution is -2.54. The Morgan fingerprint density at radius 2 is 0.690 bits per heavy atom. The molecule has 0 unspecified atom stereocenters. The molecule has 3 aliphatic rings. The normalized spacial score (nSPS) is 14.5. The predicted molar refractivity (Wildman–Crippen MR) is 274 cm³/mol. The van der Waals surface area contributed by atoms with E-state index in [0.717, 1.165) is 41.8 Å². The number of hydrogen-bond acceptors (Lipinski definition) is 8. The van der Waals surface area contributed by atoms with Crippen molar-refractivity contribution in [2.75, 3.05) is 6.54 Å². The van der Waals surface area contributed by atoms with Crippen LogP contribution >= 0.6 is 0 Å². The minimum atomic E-state index is -0.880. The monoisotopic (exact) mass is 937 g/mol. The van der Waals surface area contributed by atoms with Gasteiger partial charge in [0.25, 0.3) is 35.4 Å². The van der Waals surface area contributed by atoms with E-state index in [2.05, 4.69) is 6.92 Å². The number of carbonyl (C=O) groups excluding carboxylic acids is 6. The van der Waals surface area contributed by atoms with Crippen molar-refractivity contribution >= 4 is 89.3 Å². The smallest absolute Gasteiger partial charge is 0.281 e. The fourth-order valence-electron chi connectivity index (χ4n) is 11.7. The Bertz CT molecular complexity index is 3580. The van der Waals surface area contributed by atoms with Gasteiger partial charge in [-0.2, -0.15) is 10.0 Å². The van der Waals surface area contributed by atoms with Crippen LogP contribution in [0.2, 0.25) is 0 Å². The molecule has 0 radical (unpaired) electrons. The summed E-state index contributed by atoms with van der Waals surface area (Å²) < 4.78 is 0. The molecule has 12 rings (SSSR count). The van der Waals surface area contributed by atoms with E-state index in [4.69, 9.17) is 0 Å². The second-order valence-corrected chi connectivity index (χ2v) is 19.1. The lowest BCUT2D eigenvalue weighted by atomic mass is 9.82. The molecule has 3 aliphatic heterocycles. The maximum Gasteiger partial charge on any atom is 0.281 e. The van der Waals surface area contributed by atoms with E-state index in [-0.39, 0.29) is 45.6 Å². The van der Waals surface area contributed by atoms with Crippen molar-refractivity contribution in [2.45, 2.75) is 71.1 Å². The number of carbonyl (C=O) groups is 6. The molecule has 3 heterocycles. The summed E-state index contributed by atoms with van der Waals surface area (Å²) in [7, 11) is 0. The van der Waals surface area contributed by atoms with E-state index in [1.54, 1.807) is 60.7 Å². The molecule has 71 heavy (non-hydrogen) atoms. The van der Waals surface area contributed by atoms with Gasteiger partial charge >= 0.3 is 0 Å². The average Bonchev–Trinajstić information content (AvgIpc) is 3.63. The summed E-state index contributed by atoms with van der Waals surface area (Å²) in [4.78, 5) is 90.3. The molecule has 0 fully saturated rings. The second kappa shape index (κ2) is 16.9. The number of phenols is 2. The van der Waals surface area contributed by atoms with Crippen molar-refractivity contribution in [3.05, 3.63) is 155 Å². The van der Waals surface area contributed by atoms with Gasteiger partial charge in [0.2, 0.25) is 0 Å².